The minimum atomic E-state index is -0.153. The van der Waals surface area contributed by atoms with Crippen LogP contribution in [0.15, 0.2) is 179 Å². The second-order valence-corrected chi connectivity index (χ2v) is 15.8. The van der Waals surface area contributed by atoms with Gasteiger partial charge in [0, 0.05) is 30.4 Å². The van der Waals surface area contributed by atoms with Crippen LogP contribution in [0.25, 0.3) is 82.1 Å². The Bertz CT molecular complexity index is 2910. The molecule has 0 saturated heterocycles. The average molecular weight is 768 g/mol. The maximum absolute atomic E-state index is 4.84. The number of thiol groups is 1. The van der Waals surface area contributed by atoms with Gasteiger partial charge >= 0.3 is 0 Å². The van der Waals surface area contributed by atoms with Gasteiger partial charge in [0.25, 0.3) is 0 Å². The average Bonchev–Trinajstić information content (AvgIpc) is 3.52. The maximum atomic E-state index is 4.84. The molecule has 0 N–H and O–H groups in total. The minimum Gasteiger partial charge on any atom is -0.309 e. The van der Waals surface area contributed by atoms with Crippen molar-refractivity contribution in [3.63, 3.8) is 0 Å². The summed E-state index contributed by atoms with van der Waals surface area (Å²) in [7, 11) is 0. The number of hydrogen-bond donors (Lipinski definition) is 1. The molecule has 0 radical (unpaired) electrons. The van der Waals surface area contributed by atoms with E-state index in [1.165, 1.54) is 85.4 Å². The van der Waals surface area contributed by atoms with Crippen molar-refractivity contribution >= 4 is 91.0 Å². The molecule has 2 heterocycles. The van der Waals surface area contributed by atoms with Crippen LogP contribution in [0.3, 0.4) is 0 Å². The summed E-state index contributed by atoms with van der Waals surface area (Å²) >= 11 is 4.68. The Balaban J connectivity index is 1.12. The highest BCUT2D eigenvalue weighted by Gasteiger charge is 2.16. The molecular weight excluding hydrogens is 737 g/mol. The first-order chi connectivity index (χ1) is 24.7. The maximum Gasteiger partial charge on any atom is 0.0541 e. The monoisotopic (exact) mass is 767 g/mol. The summed E-state index contributed by atoms with van der Waals surface area (Å²) in [4.78, 5) is 1.04. The van der Waals surface area contributed by atoms with E-state index in [4.69, 9.17) is 12.6 Å². The lowest BCUT2D eigenvalue weighted by atomic mass is 9.92. The van der Waals surface area contributed by atoms with E-state index in [2.05, 4.69) is 179 Å². The van der Waals surface area contributed by atoms with E-state index in [1.807, 2.05) is 0 Å². The number of aromatic nitrogens is 1. The quantitative estimate of drug-likeness (QED) is 0.103. The van der Waals surface area contributed by atoms with Crippen molar-refractivity contribution in [1.29, 1.82) is 0 Å². The van der Waals surface area contributed by atoms with Gasteiger partial charge in [-0.25, -0.2) is 0 Å². The van der Waals surface area contributed by atoms with Crippen molar-refractivity contribution in [3.05, 3.63) is 180 Å². The van der Waals surface area contributed by atoms with Gasteiger partial charge in [-0.05, 0) is 113 Å². The molecular formula is C47H30INS. The summed E-state index contributed by atoms with van der Waals surface area (Å²) in [6.07, 6.45) is 6.54. The number of para-hydroxylation sites is 1. The van der Waals surface area contributed by atoms with Crippen LogP contribution in [0.2, 0.25) is 0 Å². The Morgan fingerprint density at radius 1 is 0.420 bits per heavy atom. The SMILES string of the molecule is Sc1ccc(-c2ccc3c(c2)c2ccccc2n3-c2cccc(-c3ccc4c5ccccc5c5ccccc5c4c3)c2)cc1C1=IC=CC=C1. The van der Waals surface area contributed by atoms with Crippen molar-refractivity contribution < 1.29 is 0 Å². The van der Waals surface area contributed by atoms with E-state index in [1.54, 1.807) is 0 Å². The Labute approximate surface area is 306 Å². The fourth-order valence-electron chi connectivity index (χ4n) is 7.72. The lowest BCUT2D eigenvalue weighted by Gasteiger charge is -2.13. The first-order valence-electron chi connectivity index (χ1n) is 16.9. The first-order valence-corrected chi connectivity index (χ1v) is 19.6. The lowest BCUT2D eigenvalue weighted by Crippen LogP contribution is -1.97. The molecule has 1 aliphatic rings. The smallest absolute Gasteiger partial charge is 0.0541 e. The zero-order valence-electron chi connectivity index (χ0n) is 27.0. The van der Waals surface area contributed by atoms with Gasteiger partial charge in [0.05, 0.1) is 11.0 Å². The molecule has 0 spiro atoms. The van der Waals surface area contributed by atoms with Crippen LogP contribution < -0.4 is 0 Å². The highest BCUT2D eigenvalue weighted by Crippen LogP contribution is 2.39. The molecule has 10 rings (SSSR count). The minimum absolute atomic E-state index is 0.153. The third-order valence-electron chi connectivity index (χ3n) is 10.0. The highest BCUT2D eigenvalue weighted by atomic mass is 127. The summed E-state index contributed by atoms with van der Waals surface area (Å²) in [5.74, 6) is 0. The second-order valence-electron chi connectivity index (χ2n) is 12.9. The van der Waals surface area contributed by atoms with Crippen molar-refractivity contribution in [1.82, 2.24) is 4.57 Å². The van der Waals surface area contributed by atoms with E-state index in [0.717, 1.165) is 10.6 Å². The Kier molecular flexibility index (Phi) is 7.10. The van der Waals surface area contributed by atoms with Gasteiger partial charge < -0.3 is 4.57 Å². The predicted molar refractivity (Wildman–Crippen MR) is 228 cm³/mol. The molecule has 50 heavy (non-hydrogen) atoms. The molecule has 8 aromatic carbocycles. The zero-order chi connectivity index (χ0) is 33.2. The van der Waals surface area contributed by atoms with Crippen LogP contribution in [0, 0.1) is 0 Å². The Morgan fingerprint density at radius 2 is 1.00 bits per heavy atom. The number of fused-ring (bicyclic) bond motifs is 9. The predicted octanol–water partition coefficient (Wildman–Crippen LogP) is 13.4. The Morgan fingerprint density at radius 3 is 1.74 bits per heavy atom. The van der Waals surface area contributed by atoms with Crippen LogP contribution in [-0.2, 0) is 0 Å². The first kappa shape index (κ1) is 29.7. The van der Waals surface area contributed by atoms with Crippen molar-refractivity contribution in [2.75, 3.05) is 0 Å². The summed E-state index contributed by atoms with van der Waals surface area (Å²) in [6.45, 7) is 0. The standard InChI is InChI=1S/C47H30INS/c50-47-24-21-33(29-43(47)44-17-7-8-25-48-44)32-20-23-46-42(28-32)40-16-5-6-18-45(40)49(46)34-11-9-10-30(26-34)31-19-22-39-37-14-2-1-12-35(37)36-13-3-4-15-38(36)41(39)27-31/h1-29,50H. The van der Waals surface area contributed by atoms with E-state index in [-0.39, 0.29) is 20.7 Å². The number of halogens is 1. The molecule has 0 saturated carbocycles. The summed E-state index contributed by atoms with van der Waals surface area (Å²) in [5.41, 5.74) is 9.67. The number of hydrogen-bond acceptors (Lipinski definition) is 1. The summed E-state index contributed by atoms with van der Waals surface area (Å²) in [6, 6.07) is 55.9. The fraction of sp³-hybridized carbons (Fsp3) is 0. The van der Waals surface area contributed by atoms with E-state index >= 15 is 0 Å². The third kappa shape index (κ3) is 4.79. The highest BCUT2D eigenvalue weighted by molar-refractivity contribution is 14.2. The zero-order valence-corrected chi connectivity index (χ0v) is 30.1. The second kappa shape index (κ2) is 12.0. The largest absolute Gasteiger partial charge is 0.309 e. The normalized spacial score (nSPS) is 13.0. The summed E-state index contributed by atoms with van der Waals surface area (Å²) < 4.78 is 6.14. The van der Waals surface area contributed by atoms with Crippen molar-refractivity contribution in [3.8, 4) is 27.9 Å². The van der Waals surface area contributed by atoms with Crippen LogP contribution >= 0.6 is 33.4 Å². The molecule has 1 aromatic heterocycles. The van der Waals surface area contributed by atoms with Gasteiger partial charge in [-0.15, -0.1) is 12.6 Å². The molecule has 1 nitrogen and oxygen atoms in total. The molecule has 1 aliphatic heterocycles. The summed E-state index contributed by atoms with van der Waals surface area (Å²) in [5, 5.41) is 10.3. The van der Waals surface area contributed by atoms with Crippen molar-refractivity contribution in [2.24, 2.45) is 0 Å². The van der Waals surface area contributed by atoms with Crippen LogP contribution in [0.1, 0.15) is 5.56 Å². The van der Waals surface area contributed by atoms with Gasteiger partial charge in [0.2, 0.25) is 0 Å². The number of allylic oxidation sites excluding steroid dienone is 3. The third-order valence-corrected chi connectivity index (χ3v) is 12.8. The van der Waals surface area contributed by atoms with Crippen LogP contribution in [0.5, 0.6) is 0 Å². The molecule has 0 atom stereocenters. The van der Waals surface area contributed by atoms with Gasteiger partial charge in [0.15, 0.2) is 0 Å². The molecule has 236 valence electrons. The van der Waals surface area contributed by atoms with E-state index in [9.17, 15) is 0 Å². The molecule has 3 heteroatoms. The number of nitrogens with zero attached hydrogens (tertiary/aromatic N) is 1. The van der Waals surface area contributed by atoms with Gasteiger partial charge in [0.1, 0.15) is 0 Å². The molecule has 0 amide bonds. The molecule has 0 bridgehead atoms. The molecule has 0 unspecified atom stereocenters. The van der Waals surface area contributed by atoms with Crippen LogP contribution in [0.4, 0.5) is 0 Å². The van der Waals surface area contributed by atoms with Gasteiger partial charge in [-0.3, -0.25) is 0 Å². The molecule has 9 aromatic rings. The van der Waals surface area contributed by atoms with Crippen LogP contribution in [-0.4, -0.2) is 8.08 Å². The Hall–Kier alpha value is -5.23. The van der Waals surface area contributed by atoms with Crippen molar-refractivity contribution in [2.45, 2.75) is 4.90 Å². The topological polar surface area (TPSA) is 4.93 Å². The molecule has 0 fully saturated rings. The van der Waals surface area contributed by atoms with Gasteiger partial charge in [-0.1, -0.05) is 136 Å². The van der Waals surface area contributed by atoms with Gasteiger partial charge in [-0.2, -0.15) is 0 Å². The van der Waals surface area contributed by atoms with E-state index in [0.29, 0.717) is 0 Å². The molecule has 0 aliphatic carbocycles. The lowest BCUT2D eigenvalue weighted by molar-refractivity contribution is 1.18. The van der Waals surface area contributed by atoms with E-state index < -0.39 is 0 Å². The number of benzene rings is 8. The fourth-order valence-corrected chi connectivity index (χ4v) is 10.2. The number of rotatable bonds is 4.